The normalized spacial score (nSPS) is 21.2. The molecule has 1 atom stereocenters. The summed E-state index contributed by atoms with van der Waals surface area (Å²) in [5.41, 5.74) is 0.880. The number of carbonyl (C=O) groups excluding carboxylic acids is 1. The summed E-state index contributed by atoms with van der Waals surface area (Å²) in [7, 11) is 0. The van der Waals surface area contributed by atoms with E-state index in [4.69, 9.17) is 4.74 Å². The lowest BCUT2D eigenvalue weighted by Gasteiger charge is -2.05. The van der Waals surface area contributed by atoms with Crippen LogP contribution < -0.4 is 0 Å². The first-order valence-electron chi connectivity index (χ1n) is 3.76. The molecule has 0 aliphatic carbocycles. The summed E-state index contributed by atoms with van der Waals surface area (Å²) < 4.78 is 5.22. The Hall–Kier alpha value is -1.16. The van der Waals surface area contributed by atoms with Gasteiger partial charge in [-0.25, -0.2) is 9.79 Å². The zero-order valence-corrected chi connectivity index (χ0v) is 8.19. The van der Waals surface area contributed by atoms with Crippen molar-refractivity contribution in [2.45, 2.75) is 6.23 Å². The fourth-order valence-corrected chi connectivity index (χ4v) is 1.37. The molecule has 3 nitrogen and oxygen atoms in total. The van der Waals surface area contributed by atoms with E-state index < -0.39 is 12.2 Å². The maximum Gasteiger partial charge on any atom is 0.366 e. The van der Waals surface area contributed by atoms with E-state index in [0.717, 1.165) is 5.56 Å². The van der Waals surface area contributed by atoms with Crippen molar-refractivity contribution in [3.8, 4) is 0 Å². The van der Waals surface area contributed by atoms with E-state index in [9.17, 15) is 4.79 Å². The molecule has 66 valence electrons. The van der Waals surface area contributed by atoms with Gasteiger partial charge in [-0.15, -0.1) is 0 Å². The largest absolute Gasteiger partial charge is 0.430 e. The maximum absolute atomic E-state index is 11.0. The third-order valence-electron chi connectivity index (χ3n) is 1.70. The number of nitrogens with zero attached hydrogens (tertiary/aromatic N) is 1. The molecule has 1 heterocycles. The highest BCUT2D eigenvalue weighted by Crippen LogP contribution is 2.25. The highest BCUT2D eigenvalue weighted by atomic mass is 79.9. The molecule has 1 aliphatic rings. The zero-order valence-electron chi connectivity index (χ0n) is 6.61. The van der Waals surface area contributed by atoms with E-state index in [-0.39, 0.29) is 4.62 Å². The molecule has 0 N–H and O–H groups in total. The lowest BCUT2D eigenvalue weighted by molar-refractivity contribution is -0.137. The minimum Gasteiger partial charge on any atom is -0.430 e. The van der Waals surface area contributed by atoms with E-state index in [1.165, 1.54) is 0 Å². The van der Waals surface area contributed by atoms with Gasteiger partial charge < -0.3 is 4.74 Å². The SMILES string of the molecule is O=C1OC(c2ccccc2)N=C1Br. The van der Waals surface area contributed by atoms with Crippen LogP contribution in [0.25, 0.3) is 0 Å². The molecule has 0 saturated carbocycles. The summed E-state index contributed by atoms with van der Waals surface area (Å²) >= 11 is 3.02. The van der Waals surface area contributed by atoms with Crippen molar-refractivity contribution in [3.05, 3.63) is 35.9 Å². The van der Waals surface area contributed by atoms with Crippen LogP contribution in [0.2, 0.25) is 0 Å². The fraction of sp³-hybridized carbons (Fsp3) is 0.111. The molecule has 0 amide bonds. The molecule has 0 saturated heterocycles. The van der Waals surface area contributed by atoms with Crippen LogP contribution in [-0.4, -0.2) is 10.6 Å². The molecule has 1 aliphatic heterocycles. The maximum atomic E-state index is 11.0. The predicted octanol–water partition coefficient (Wildman–Crippen LogP) is 2.04. The van der Waals surface area contributed by atoms with Crippen LogP contribution >= 0.6 is 15.9 Å². The summed E-state index contributed by atoms with van der Waals surface area (Å²) in [5.74, 6) is -0.408. The summed E-state index contributed by atoms with van der Waals surface area (Å²) in [6.07, 6.45) is -0.483. The van der Waals surface area contributed by atoms with Gasteiger partial charge in [-0.3, -0.25) is 0 Å². The Bertz CT molecular complexity index is 361. The molecular weight excluding hydrogens is 234 g/mol. The van der Waals surface area contributed by atoms with Crippen molar-refractivity contribution in [2.75, 3.05) is 0 Å². The van der Waals surface area contributed by atoms with Crippen molar-refractivity contribution in [2.24, 2.45) is 4.99 Å². The van der Waals surface area contributed by atoms with Gasteiger partial charge in [0, 0.05) is 5.56 Å². The predicted molar refractivity (Wildman–Crippen MR) is 51.6 cm³/mol. The van der Waals surface area contributed by atoms with Gasteiger partial charge in [-0.2, -0.15) is 0 Å². The van der Waals surface area contributed by atoms with Crippen LogP contribution in [0.15, 0.2) is 35.3 Å². The molecule has 0 spiro atoms. The first-order chi connectivity index (χ1) is 6.27. The fourth-order valence-electron chi connectivity index (χ4n) is 1.09. The Morgan fingerprint density at radius 3 is 2.54 bits per heavy atom. The second-order valence-corrected chi connectivity index (χ2v) is 3.34. The molecule has 2 rings (SSSR count). The summed E-state index contributed by atoms with van der Waals surface area (Å²) in [6, 6.07) is 9.40. The van der Waals surface area contributed by atoms with E-state index in [1.807, 2.05) is 30.3 Å². The quantitative estimate of drug-likeness (QED) is 0.704. The summed E-state index contributed by atoms with van der Waals surface area (Å²) in [4.78, 5) is 15.0. The number of esters is 1. The van der Waals surface area contributed by atoms with Crippen LogP contribution in [0.4, 0.5) is 0 Å². The average molecular weight is 240 g/mol. The number of carbonyl (C=O) groups is 1. The van der Waals surface area contributed by atoms with Gasteiger partial charge >= 0.3 is 5.97 Å². The summed E-state index contributed by atoms with van der Waals surface area (Å²) in [5, 5.41) is 0. The molecule has 0 bridgehead atoms. The van der Waals surface area contributed by atoms with E-state index in [2.05, 4.69) is 20.9 Å². The molecule has 1 aromatic carbocycles. The zero-order chi connectivity index (χ0) is 9.26. The second kappa shape index (κ2) is 3.30. The van der Waals surface area contributed by atoms with Gasteiger partial charge in [0.05, 0.1) is 0 Å². The Morgan fingerprint density at radius 1 is 1.31 bits per heavy atom. The molecule has 1 unspecified atom stereocenters. The number of halogens is 1. The smallest absolute Gasteiger partial charge is 0.366 e. The number of rotatable bonds is 1. The number of hydrogen-bond donors (Lipinski definition) is 0. The second-order valence-electron chi connectivity index (χ2n) is 2.59. The van der Waals surface area contributed by atoms with Crippen molar-refractivity contribution in [1.29, 1.82) is 0 Å². The minimum atomic E-state index is -0.483. The number of benzene rings is 1. The van der Waals surface area contributed by atoms with Crippen LogP contribution in [0.3, 0.4) is 0 Å². The van der Waals surface area contributed by atoms with Crippen LogP contribution in [0.1, 0.15) is 11.8 Å². The van der Waals surface area contributed by atoms with Gasteiger partial charge in [0.1, 0.15) is 0 Å². The Labute approximate surface area is 83.6 Å². The molecule has 0 fully saturated rings. The molecule has 0 radical (unpaired) electrons. The Morgan fingerprint density at radius 2 is 2.00 bits per heavy atom. The lowest BCUT2D eigenvalue weighted by Crippen LogP contribution is -2.04. The number of cyclic esters (lactones) is 1. The van der Waals surface area contributed by atoms with Crippen molar-refractivity contribution < 1.29 is 9.53 Å². The number of aliphatic imine (C=N–C) groups is 1. The third-order valence-corrected chi connectivity index (χ3v) is 2.23. The molecule has 4 heteroatoms. The molecular formula is C9H6BrNO2. The van der Waals surface area contributed by atoms with Gasteiger partial charge in [-0.05, 0) is 15.9 Å². The topological polar surface area (TPSA) is 38.7 Å². The van der Waals surface area contributed by atoms with Crippen molar-refractivity contribution in [1.82, 2.24) is 0 Å². The van der Waals surface area contributed by atoms with Crippen LogP contribution in [-0.2, 0) is 9.53 Å². The highest BCUT2D eigenvalue weighted by molar-refractivity contribution is 9.19. The van der Waals surface area contributed by atoms with Crippen LogP contribution in [0.5, 0.6) is 0 Å². The first-order valence-corrected chi connectivity index (χ1v) is 4.56. The highest BCUT2D eigenvalue weighted by Gasteiger charge is 2.26. The third kappa shape index (κ3) is 1.62. The van der Waals surface area contributed by atoms with E-state index in [0.29, 0.717) is 0 Å². The van der Waals surface area contributed by atoms with Gasteiger partial charge in [0.25, 0.3) is 0 Å². The lowest BCUT2D eigenvalue weighted by atomic mass is 10.2. The van der Waals surface area contributed by atoms with E-state index in [1.54, 1.807) is 0 Å². The van der Waals surface area contributed by atoms with Gasteiger partial charge in [-0.1, -0.05) is 30.3 Å². The first kappa shape index (κ1) is 8.44. The number of ether oxygens (including phenoxy) is 1. The number of hydrogen-bond acceptors (Lipinski definition) is 3. The van der Waals surface area contributed by atoms with Crippen molar-refractivity contribution in [3.63, 3.8) is 0 Å². The standard InChI is InChI=1S/C9H6BrNO2/c10-7-9(12)13-8(11-7)6-4-2-1-3-5-6/h1-5,8H. The Kier molecular flexibility index (Phi) is 2.14. The van der Waals surface area contributed by atoms with Crippen LogP contribution in [0, 0.1) is 0 Å². The summed E-state index contributed by atoms with van der Waals surface area (Å²) in [6.45, 7) is 0. The minimum absolute atomic E-state index is 0.251. The van der Waals surface area contributed by atoms with Crippen molar-refractivity contribution >= 4 is 26.5 Å². The Balaban J connectivity index is 2.27. The van der Waals surface area contributed by atoms with E-state index >= 15 is 0 Å². The monoisotopic (exact) mass is 239 g/mol. The van der Waals surface area contributed by atoms with Gasteiger partial charge in [0.2, 0.25) is 6.23 Å². The molecule has 13 heavy (non-hydrogen) atoms. The molecule has 0 aromatic heterocycles. The van der Waals surface area contributed by atoms with Gasteiger partial charge in [0.15, 0.2) is 4.62 Å². The molecule has 1 aromatic rings. The average Bonchev–Trinajstić information content (AvgIpc) is 2.49.